The highest BCUT2D eigenvalue weighted by Gasteiger charge is 2.14. The van der Waals surface area contributed by atoms with E-state index >= 15 is 0 Å². The molecule has 0 aliphatic heterocycles. The number of hydrogen-bond donors (Lipinski definition) is 2. The van der Waals surface area contributed by atoms with Gasteiger partial charge in [-0.25, -0.2) is 0 Å². The van der Waals surface area contributed by atoms with Gasteiger partial charge in [0, 0.05) is 29.0 Å². The topological polar surface area (TPSA) is 84.0 Å². The highest BCUT2D eigenvalue weighted by molar-refractivity contribution is 6.10. The summed E-state index contributed by atoms with van der Waals surface area (Å²) in [6, 6.07) is 18.2. The molecular formula is C24H20N4O2. The zero-order valence-corrected chi connectivity index (χ0v) is 16.6. The van der Waals surface area contributed by atoms with Crippen LogP contribution in [-0.4, -0.2) is 21.8 Å². The van der Waals surface area contributed by atoms with E-state index in [-0.39, 0.29) is 11.6 Å². The van der Waals surface area contributed by atoms with Gasteiger partial charge in [0.15, 0.2) is 0 Å². The van der Waals surface area contributed by atoms with Crippen molar-refractivity contribution in [2.75, 3.05) is 10.6 Å². The average Bonchev–Trinajstić information content (AvgIpc) is 2.76. The Morgan fingerprint density at radius 2 is 1.57 bits per heavy atom. The number of carbonyl (C=O) groups is 2. The maximum atomic E-state index is 12.7. The van der Waals surface area contributed by atoms with Crippen LogP contribution in [0.25, 0.3) is 10.9 Å². The third kappa shape index (κ3) is 4.03. The number of amides is 2. The summed E-state index contributed by atoms with van der Waals surface area (Å²) in [5.74, 6) is -0.709. The molecule has 2 amide bonds. The van der Waals surface area contributed by atoms with Crippen LogP contribution in [0.1, 0.15) is 32.0 Å². The molecule has 6 heteroatoms. The molecule has 0 saturated carbocycles. The summed E-state index contributed by atoms with van der Waals surface area (Å²) in [5.41, 5.74) is 4.61. The number of nitrogens with zero attached hydrogens (tertiary/aromatic N) is 2. The van der Waals surface area contributed by atoms with Gasteiger partial charge in [-0.15, -0.1) is 0 Å². The van der Waals surface area contributed by atoms with Crippen LogP contribution < -0.4 is 10.6 Å². The monoisotopic (exact) mass is 396 g/mol. The second-order valence-electron chi connectivity index (χ2n) is 7.04. The molecule has 0 radical (unpaired) electrons. The fraction of sp³-hybridized carbons (Fsp3) is 0.0833. The van der Waals surface area contributed by atoms with Crippen molar-refractivity contribution in [1.29, 1.82) is 0 Å². The maximum Gasteiger partial charge on any atom is 0.274 e. The van der Waals surface area contributed by atoms with E-state index in [9.17, 15) is 9.59 Å². The SMILES string of the molecule is Cc1ccc(NC(=O)c2ccnc(C(=O)Nc3cccc4cccnc34)c2)c(C)c1. The Labute approximate surface area is 174 Å². The molecule has 0 unspecified atom stereocenters. The van der Waals surface area contributed by atoms with Crippen molar-refractivity contribution in [3.05, 3.63) is 95.4 Å². The minimum absolute atomic E-state index is 0.149. The number of carbonyl (C=O) groups excluding carboxylic acids is 2. The number of benzene rings is 2. The first-order valence-corrected chi connectivity index (χ1v) is 9.51. The summed E-state index contributed by atoms with van der Waals surface area (Å²) in [7, 11) is 0. The number of anilines is 2. The van der Waals surface area contributed by atoms with Crippen LogP contribution in [0.2, 0.25) is 0 Å². The first kappa shape index (κ1) is 19.3. The van der Waals surface area contributed by atoms with Crippen LogP contribution in [-0.2, 0) is 0 Å². The van der Waals surface area contributed by atoms with Crippen molar-refractivity contribution in [2.24, 2.45) is 0 Å². The molecule has 0 spiro atoms. The first-order valence-electron chi connectivity index (χ1n) is 9.51. The predicted octanol–water partition coefficient (Wildman–Crippen LogP) is 4.75. The molecule has 2 heterocycles. The Hall–Kier alpha value is -4.06. The number of aromatic nitrogens is 2. The number of para-hydroxylation sites is 1. The number of rotatable bonds is 4. The van der Waals surface area contributed by atoms with Gasteiger partial charge >= 0.3 is 0 Å². The van der Waals surface area contributed by atoms with Crippen molar-refractivity contribution in [2.45, 2.75) is 13.8 Å². The zero-order chi connectivity index (χ0) is 21.1. The molecule has 0 atom stereocenters. The van der Waals surface area contributed by atoms with Crippen LogP contribution in [0.3, 0.4) is 0 Å². The molecule has 2 aromatic carbocycles. The van der Waals surface area contributed by atoms with Gasteiger partial charge < -0.3 is 10.6 Å². The van der Waals surface area contributed by atoms with E-state index in [0.29, 0.717) is 16.8 Å². The summed E-state index contributed by atoms with van der Waals surface area (Å²) >= 11 is 0. The van der Waals surface area contributed by atoms with Crippen molar-refractivity contribution < 1.29 is 9.59 Å². The number of aryl methyl sites for hydroxylation is 2. The molecule has 2 N–H and O–H groups in total. The lowest BCUT2D eigenvalue weighted by Gasteiger charge is -2.10. The molecule has 0 aliphatic carbocycles. The smallest absolute Gasteiger partial charge is 0.274 e. The molecule has 148 valence electrons. The quantitative estimate of drug-likeness (QED) is 0.521. The second-order valence-corrected chi connectivity index (χ2v) is 7.04. The van der Waals surface area contributed by atoms with Crippen LogP contribution in [0.4, 0.5) is 11.4 Å². The molecule has 0 saturated heterocycles. The fourth-order valence-electron chi connectivity index (χ4n) is 3.24. The summed E-state index contributed by atoms with van der Waals surface area (Å²) in [4.78, 5) is 33.9. The largest absolute Gasteiger partial charge is 0.322 e. The summed E-state index contributed by atoms with van der Waals surface area (Å²) in [5, 5.41) is 6.64. The van der Waals surface area contributed by atoms with Crippen molar-refractivity contribution in [3.63, 3.8) is 0 Å². The Bertz CT molecular complexity index is 1260. The summed E-state index contributed by atoms with van der Waals surface area (Å²) < 4.78 is 0. The van der Waals surface area contributed by atoms with Gasteiger partial charge in [0.05, 0.1) is 11.2 Å². The standard InChI is InChI=1S/C24H20N4O2/c1-15-8-9-19(16(2)13-15)27-23(29)18-10-12-25-21(14-18)24(30)28-20-7-3-5-17-6-4-11-26-22(17)20/h3-14H,1-2H3,(H,27,29)(H,28,30). The number of fused-ring (bicyclic) bond motifs is 1. The van der Waals surface area contributed by atoms with Gasteiger partial charge in [-0.05, 0) is 49.7 Å². The highest BCUT2D eigenvalue weighted by atomic mass is 16.2. The second kappa shape index (κ2) is 8.13. The highest BCUT2D eigenvalue weighted by Crippen LogP contribution is 2.21. The molecule has 6 nitrogen and oxygen atoms in total. The third-order valence-corrected chi connectivity index (χ3v) is 4.77. The van der Waals surface area contributed by atoms with E-state index in [1.54, 1.807) is 18.3 Å². The lowest BCUT2D eigenvalue weighted by molar-refractivity contribution is 0.102. The average molecular weight is 396 g/mol. The zero-order valence-electron chi connectivity index (χ0n) is 16.6. The van der Waals surface area contributed by atoms with Crippen LogP contribution in [0.15, 0.2) is 73.1 Å². The lowest BCUT2D eigenvalue weighted by atomic mass is 10.1. The van der Waals surface area contributed by atoms with E-state index in [0.717, 1.165) is 22.2 Å². The van der Waals surface area contributed by atoms with Gasteiger partial charge in [0.25, 0.3) is 11.8 Å². The van der Waals surface area contributed by atoms with Crippen LogP contribution in [0, 0.1) is 13.8 Å². The van der Waals surface area contributed by atoms with Crippen LogP contribution >= 0.6 is 0 Å². The van der Waals surface area contributed by atoms with Crippen molar-refractivity contribution >= 4 is 34.1 Å². The number of pyridine rings is 2. The Balaban J connectivity index is 1.55. The lowest BCUT2D eigenvalue weighted by Crippen LogP contribution is -2.17. The van der Waals surface area contributed by atoms with Crippen molar-refractivity contribution in [3.8, 4) is 0 Å². The predicted molar refractivity (Wildman–Crippen MR) is 118 cm³/mol. The van der Waals surface area contributed by atoms with Gasteiger partial charge in [-0.2, -0.15) is 0 Å². The maximum absolute atomic E-state index is 12.7. The first-order chi connectivity index (χ1) is 14.5. The van der Waals surface area contributed by atoms with Gasteiger partial charge in [-0.1, -0.05) is 35.9 Å². The third-order valence-electron chi connectivity index (χ3n) is 4.77. The minimum Gasteiger partial charge on any atom is -0.322 e. The molecule has 2 aromatic heterocycles. The number of nitrogens with one attached hydrogen (secondary N) is 2. The van der Waals surface area contributed by atoms with Gasteiger partial charge in [-0.3, -0.25) is 19.6 Å². The van der Waals surface area contributed by atoms with Crippen molar-refractivity contribution in [1.82, 2.24) is 9.97 Å². The summed E-state index contributed by atoms with van der Waals surface area (Å²) in [6.45, 7) is 3.93. The molecule has 0 fully saturated rings. The molecular weight excluding hydrogens is 376 g/mol. The Morgan fingerprint density at radius 1 is 0.767 bits per heavy atom. The number of hydrogen-bond acceptors (Lipinski definition) is 4. The minimum atomic E-state index is -0.408. The van der Waals surface area contributed by atoms with E-state index in [2.05, 4.69) is 20.6 Å². The van der Waals surface area contributed by atoms with E-state index in [1.165, 1.54) is 12.3 Å². The molecule has 4 aromatic rings. The van der Waals surface area contributed by atoms with Gasteiger partial charge in [0.2, 0.25) is 0 Å². The van der Waals surface area contributed by atoms with E-state index in [4.69, 9.17) is 0 Å². The summed E-state index contributed by atoms with van der Waals surface area (Å²) in [6.07, 6.45) is 3.13. The molecule has 4 rings (SSSR count). The Kier molecular flexibility index (Phi) is 5.22. The van der Waals surface area contributed by atoms with E-state index in [1.807, 2.05) is 56.3 Å². The Morgan fingerprint density at radius 3 is 2.40 bits per heavy atom. The van der Waals surface area contributed by atoms with Crippen LogP contribution in [0.5, 0.6) is 0 Å². The fourth-order valence-corrected chi connectivity index (χ4v) is 3.24. The molecule has 30 heavy (non-hydrogen) atoms. The van der Waals surface area contributed by atoms with Gasteiger partial charge in [0.1, 0.15) is 5.69 Å². The molecule has 0 aliphatic rings. The van der Waals surface area contributed by atoms with E-state index < -0.39 is 5.91 Å². The normalized spacial score (nSPS) is 10.6. The molecule has 0 bridgehead atoms.